The number of aromatic nitrogens is 2. The van der Waals surface area contributed by atoms with Gasteiger partial charge in [-0.25, -0.2) is 0 Å². The number of thiophene rings is 1. The van der Waals surface area contributed by atoms with Crippen LogP contribution in [0.4, 0.5) is 0 Å². The Morgan fingerprint density at radius 2 is 2.29 bits per heavy atom. The molecule has 17 heavy (non-hydrogen) atoms. The zero-order chi connectivity index (χ0) is 12.3. The Bertz CT molecular complexity index is 455. The van der Waals surface area contributed by atoms with Crippen molar-refractivity contribution in [2.75, 3.05) is 7.05 Å². The molecule has 0 N–H and O–H groups in total. The number of halogens is 1. The Hall–Kier alpha value is -0.490. The average Bonchev–Trinajstić information content (AvgIpc) is 2.90. The topological polar surface area (TPSA) is 29.0 Å². The highest BCUT2D eigenvalue weighted by Crippen LogP contribution is 2.18. The fourth-order valence-electron chi connectivity index (χ4n) is 1.54. The van der Waals surface area contributed by atoms with Gasteiger partial charge in [-0.3, -0.25) is 4.90 Å². The number of hydrogen-bond acceptors (Lipinski definition) is 5. The maximum absolute atomic E-state index is 5.77. The monoisotopic (exact) mass is 287 g/mol. The Morgan fingerprint density at radius 3 is 2.88 bits per heavy atom. The molecule has 2 aromatic heterocycles. The lowest BCUT2D eigenvalue weighted by atomic mass is 10.2. The van der Waals surface area contributed by atoms with E-state index in [4.69, 9.17) is 11.6 Å². The van der Waals surface area contributed by atoms with Crippen LogP contribution in [0.5, 0.6) is 0 Å². The van der Waals surface area contributed by atoms with Crippen molar-refractivity contribution in [3.8, 4) is 0 Å². The van der Waals surface area contributed by atoms with Gasteiger partial charge in [0.1, 0.15) is 5.01 Å². The average molecular weight is 288 g/mol. The first-order valence-electron chi connectivity index (χ1n) is 5.35. The van der Waals surface area contributed by atoms with E-state index in [1.165, 1.54) is 16.2 Å². The molecule has 0 saturated heterocycles. The molecule has 0 bridgehead atoms. The zero-order valence-corrected chi connectivity index (χ0v) is 12.1. The van der Waals surface area contributed by atoms with Crippen LogP contribution in [0, 0.1) is 0 Å². The lowest BCUT2D eigenvalue weighted by Crippen LogP contribution is -2.30. The molecule has 1 atom stereocenters. The van der Waals surface area contributed by atoms with Crippen LogP contribution in [0.2, 0.25) is 4.47 Å². The predicted octanol–water partition coefficient (Wildman–Crippen LogP) is 3.32. The van der Waals surface area contributed by atoms with Gasteiger partial charge >= 0.3 is 0 Å². The molecule has 92 valence electrons. The van der Waals surface area contributed by atoms with Gasteiger partial charge in [0.25, 0.3) is 0 Å². The second-order valence-electron chi connectivity index (χ2n) is 4.00. The van der Waals surface area contributed by atoms with Gasteiger partial charge in [-0.1, -0.05) is 17.4 Å². The molecule has 0 spiro atoms. The molecule has 0 radical (unpaired) electrons. The van der Waals surface area contributed by atoms with Crippen molar-refractivity contribution < 1.29 is 0 Å². The number of nitrogens with zero attached hydrogens (tertiary/aromatic N) is 3. The van der Waals surface area contributed by atoms with Crippen molar-refractivity contribution >= 4 is 34.3 Å². The molecule has 0 aliphatic carbocycles. The molecular weight excluding hydrogens is 274 g/mol. The largest absolute Gasteiger partial charge is 0.297 e. The summed E-state index contributed by atoms with van der Waals surface area (Å²) < 4.78 is 0.513. The molecule has 2 rings (SSSR count). The van der Waals surface area contributed by atoms with Gasteiger partial charge in [0.15, 0.2) is 0 Å². The molecule has 1 unspecified atom stereocenters. The highest BCUT2D eigenvalue weighted by atomic mass is 35.5. The van der Waals surface area contributed by atoms with Crippen LogP contribution < -0.4 is 0 Å². The quantitative estimate of drug-likeness (QED) is 0.845. The van der Waals surface area contributed by atoms with E-state index in [9.17, 15) is 0 Å². The summed E-state index contributed by atoms with van der Waals surface area (Å²) >= 11 is 9.02. The molecule has 0 aliphatic heterocycles. The van der Waals surface area contributed by atoms with Crippen molar-refractivity contribution in [3.05, 3.63) is 31.9 Å². The summed E-state index contributed by atoms with van der Waals surface area (Å²) in [5.41, 5.74) is 0. The Kier molecular flexibility index (Phi) is 4.50. The molecule has 6 heteroatoms. The predicted molar refractivity (Wildman–Crippen MR) is 73.9 cm³/mol. The number of rotatable bonds is 5. The second-order valence-corrected chi connectivity index (χ2v) is 6.67. The summed E-state index contributed by atoms with van der Waals surface area (Å²) in [5, 5.41) is 10.9. The zero-order valence-electron chi connectivity index (χ0n) is 9.76. The van der Waals surface area contributed by atoms with E-state index in [-0.39, 0.29) is 0 Å². The van der Waals surface area contributed by atoms with Gasteiger partial charge in [-0.05, 0) is 43.4 Å². The van der Waals surface area contributed by atoms with Crippen molar-refractivity contribution in [2.45, 2.75) is 25.9 Å². The van der Waals surface area contributed by atoms with Crippen LogP contribution in [0.15, 0.2) is 17.5 Å². The van der Waals surface area contributed by atoms with Crippen molar-refractivity contribution in [3.63, 3.8) is 0 Å². The van der Waals surface area contributed by atoms with Gasteiger partial charge in [0.05, 0.1) is 6.54 Å². The van der Waals surface area contributed by atoms with Gasteiger partial charge in [0, 0.05) is 10.9 Å². The van der Waals surface area contributed by atoms with Gasteiger partial charge in [0.2, 0.25) is 4.47 Å². The van der Waals surface area contributed by atoms with Crippen LogP contribution in [0.3, 0.4) is 0 Å². The molecular formula is C11H14ClN3S2. The van der Waals surface area contributed by atoms with Crippen molar-refractivity contribution in [2.24, 2.45) is 0 Å². The molecule has 0 aromatic carbocycles. The highest BCUT2D eigenvalue weighted by molar-refractivity contribution is 7.15. The molecule has 3 nitrogen and oxygen atoms in total. The van der Waals surface area contributed by atoms with Crippen LogP contribution in [-0.2, 0) is 13.0 Å². The Labute approximate surface area is 114 Å². The summed E-state index contributed by atoms with van der Waals surface area (Å²) in [6.45, 7) is 3.03. The highest BCUT2D eigenvalue weighted by Gasteiger charge is 2.13. The van der Waals surface area contributed by atoms with E-state index < -0.39 is 0 Å². The van der Waals surface area contributed by atoms with Crippen molar-refractivity contribution in [1.82, 2.24) is 15.1 Å². The molecule has 2 aromatic rings. The smallest absolute Gasteiger partial charge is 0.207 e. The summed E-state index contributed by atoms with van der Waals surface area (Å²) in [4.78, 5) is 3.69. The minimum atomic E-state index is 0.483. The third kappa shape index (κ3) is 3.74. The lowest BCUT2D eigenvalue weighted by molar-refractivity contribution is 0.248. The normalized spacial score (nSPS) is 13.2. The van der Waals surface area contributed by atoms with Gasteiger partial charge in [-0.2, -0.15) is 0 Å². The first-order chi connectivity index (χ1) is 8.15. The van der Waals surface area contributed by atoms with Crippen LogP contribution in [-0.4, -0.2) is 28.2 Å². The minimum Gasteiger partial charge on any atom is -0.297 e. The first-order valence-corrected chi connectivity index (χ1v) is 7.43. The molecule has 2 heterocycles. The number of hydrogen-bond donors (Lipinski definition) is 0. The minimum absolute atomic E-state index is 0.483. The third-order valence-corrected chi connectivity index (χ3v) is 4.56. The molecule has 0 amide bonds. The van der Waals surface area contributed by atoms with Crippen molar-refractivity contribution in [1.29, 1.82) is 0 Å². The maximum atomic E-state index is 5.77. The SMILES string of the molecule is CC(Cc1cccs1)N(C)Cc1nnc(Cl)s1. The Balaban J connectivity index is 1.89. The fraction of sp³-hybridized carbons (Fsp3) is 0.455. The first kappa shape index (κ1) is 13.0. The number of likely N-dealkylation sites (N-methyl/N-ethyl adjacent to an activating group) is 1. The molecule has 0 aliphatic rings. The lowest BCUT2D eigenvalue weighted by Gasteiger charge is -2.22. The van der Waals surface area contributed by atoms with E-state index in [2.05, 4.69) is 46.6 Å². The summed E-state index contributed by atoms with van der Waals surface area (Å²) in [7, 11) is 2.10. The van der Waals surface area contributed by atoms with E-state index in [1.807, 2.05) is 0 Å². The maximum Gasteiger partial charge on any atom is 0.207 e. The van der Waals surface area contributed by atoms with Crippen LogP contribution >= 0.6 is 34.3 Å². The van der Waals surface area contributed by atoms with E-state index in [0.29, 0.717) is 10.5 Å². The summed E-state index contributed by atoms with van der Waals surface area (Å²) in [6.07, 6.45) is 1.07. The second kappa shape index (κ2) is 5.91. The van der Waals surface area contributed by atoms with E-state index in [1.54, 1.807) is 11.3 Å². The van der Waals surface area contributed by atoms with Crippen LogP contribution in [0.1, 0.15) is 16.8 Å². The summed E-state index contributed by atoms with van der Waals surface area (Å²) in [6, 6.07) is 4.75. The van der Waals surface area contributed by atoms with E-state index >= 15 is 0 Å². The van der Waals surface area contributed by atoms with Gasteiger partial charge < -0.3 is 0 Å². The Morgan fingerprint density at radius 1 is 1.47 bits per heavy atom. The van der Waals surface area contributed by atoms with E-state index in [0.717, 1.165) is 18.0 Å². The molecule has 0 saturated carbocycles. The van der Waals surface area contributed by atoms with Crippen LogP contribution in [0.25, 0.3) is 0 Å². The summed E-state index contributed by atoms with van der Waals surface area (Å²) in [5.74, 6) is 0. The van der Waals surface area contributed by atoms with Gasteiger partial charge in [-0.15, -0.1) is 21.5 Å². The fourth-order valence-corrected chi connectivity index (χ4v) is 3.30. The third-order valence-electron chi connectivity index (χ3n) is 2.66. The molecule has 0 fully saturated rings. The standard InChI is InChI=1S/C11H14ClN3S2/c1-8(6-9-4-3-5-16-9)15(2)7-10-13-14-11(12)17-10/h3-5,8H,6-7H2,1-2H3.